The molecule has 3 amide bonds. The molecule has 4 atom stereocenters. The van der Waals surface area contributed by atoms with Crippen molar-refractivity contribution in [2.45, 2.75) is 77.2 Å². The molecule has 0 saturated heterocycles. The summed E-state index contributed by atoms with van der Waals surface area (Å²) in [5, 5.41) is 15.3. The summed E-state index contributed by atoms with van der Waals surface area (Å²) >= 11 is 0. The number of nitrogens with one attached hydrogen (secondary N) is 2. The molecule has 0 unspecified atom stereocenters. The number of aliphatic hydroxyl groups is 1. The van der Waals surface area contributed by atoms with E-state index >= 15 is 0 Å². The van der Waals surface area contributed by atoms with Crippen LogP contribution in [0.3, 0.4) is 0 Å². The minimum atomic E-state index is -4.52. The first kappa shape index (κ1) is 41.4. The first-order valence-electron chi connectivity index (χ1n) is 17.4. The number of benzene rings is 3. The Kier molecular flexibility index (Phi) is 14.2. The molecule has 53 heavy (non-hydrogen) atoms. The number of carbonyl (C=O) groups excluding carboxylic acids is 2. The first-order chi connectivity index (χ1) is 24.9. The second kappa shape index (κ2) is 18.1. The van der Waals surface area contributed by atoms with Crippen molar-refractivity contribution >= 4 is 23.3 Å². The Morgan fingerprint density at radius 1 is 0.925 bits per heavy atom. The monoisotopic (exact) mass is 752 g/mol. The van der Waals surface area contributed by atoms with Crippen LogP contribution in [0.1, 0.15) is 67.1 Å². The molecule has 0 spiro atoms. The van der Waals surface area contributed by atoms with Crippen molar-refractivity contribution in [3.8, 4) is 5.75 Å². The molecular weight excluding hydrogens is 706 g/mol. The number of halogens is 6. The molecule has 3 aromatic carbocycles. The summed E-state index contributed by atoms with van der Waals surface area (Å²) < 4.78 is 90.7. The van der Waals surface area contributed by atoms with Gasteiger partial charge in [0.25, 0.3) is 5.91 Å². The average molecular weight is 753 g/mol. The Hall–Kier alpha value is -4.34. The minimum Gasteiger partial charge on any atom is -0.490 e. The number of anilines is 2. The molecule has 9 nitrogen and oxygen atoms in total. The van der Waals surface area contributed by atoms with Crippen LogP contribution in [-0.4, -0.2) is 78.4 Å². The van der Waals surface area contributed by atoms with E-state index in [1.807, 2.05) is 25.8 Å². The van der Waals surface area contributed by atoms with Crippen LogP contribution in [-0.2, 0) is 23.6 Å². The Morgan fingerprint density at radius 3 is 2.11 bits per heavy atom. The quantitative estimate of drug-likeness (QED) is 0.200. The lowest BCUT2D eigenvalue weighted by atomic mass is 10.0. The number of urea groups is 1. The van der Waals surface area contributed by atoms with E-state index in [4.69, 9.17) is 9.47 Å². The van der Waals surface area contributed by atoms with Crippen molar-refractivity contribution < 1.29 is 50.5 Å². The number of hydrogen-bond acceptors (Lipinski definition) is 6. The number of rotatable bonds is 8. The van der Waals surface area contributed by atoms with Crippen molar-refractivity contribution in [1.82, 2.24) is 9.80 Å². The van der Waals surface area contributed by atoms with E-state index in [1.165, 1.54) is 23.1 Å². The Bertz CT molecular complexity index is 1650. The van der Waals surface area contributed by atoms with Crippen LogP contribution in [0, 0.1) is 5.92 Å². The van der Waals surface area contributed by atoms with Crippen molar-refractivity contribution in [1.29, 1.82) is 0 Å². The summed E-state index contributed by atoms with van der Waals surface area (Å²) in [5.41, 5.74) is -0.412. The number of nitrogens with zero attached hydrogens (tertiary/aromatic N) is 2. The number of hydrogen-bond donors (Lipinski definition) is 3. The summed E-state index contributed by atoms with van der Waals surface area (Å²) in [6.07, 6.45) is -7.47. The van der Waals surface area contributed by atoms with Crippen LogP contribution in [0.4, 0.5) is 42.5 Å². The minimum absolute atomic E-state index is 0.126. The third-order valence-corrected chi connectivity index (χ3v) is 9.00. The highest BCUT2D eigenvalue weighted by Gasteiger charge is 2.32. The van der Waals surface area contributed by atoms with Crippen LogP contribution in [0.5, 0.6) is 5.75 Å². The molecule has 0 aromatic heterocycles. The van der Waals surface area contributed by atoms with Gasteiger partial charge in [0, 0.05) is 43.5 Å². The Balaban J connectivity index is 1.55. The van der Waals surface area contributed by atoms with Crippen LogP contribution < -0.4 is 15.4 Å². The van der Waals surface area contributed by atoms with Gasteiger partial charge < -0.3 is 30.1 Å². The predicted molar refractivity (Wildman–Crippen MR) is 189 cm³/mol. The standard InChI is InChI=1S/C38H46F6N4O5/c1-24-20-48(25(2)23-49)35(50)32-19-31(46-36(51)45-30-14-12-29(13-15-30)38(42,43)44)16-17-33(32)53-26(3)7-5-6-18-52-34(24)22-47(4)21-27-8-10-28(11-9-27)37(39,40)41/h8-17,19,24-26,34,49H,5-7,18,20-23H2,1-4H3,(H2,45,46,51)/t24-,25+,26+,34-/m1/s1. The van der Waals surface area contributed by atoms with Gasteiger partial charge in [-0.1, -0.05) is 19.1 Å². The number of fused-ring (bicyclic) bond motifs is 1. The van der Waals surface area contributed by atoms with Crippen molar-refractivity contribution in [3.63, 3.8) is 0 Å². The van der Waals surface area contributed by atoms with Gasteiger partial charge in [-0.05, 0) is 100 Å². The number of carbonyl (C=O) groups is 2. The zero-order chi connectivity index (χ0) is 38.9. The maximum atomic E-state index is 14.4. The molecule has 3 N–H and O–H groups in total. The highest BCUT2D eigenvalue weighted by Crippen LogP contribution is 2.32. The number of likely N-dealkylation sites (N-methyl/N-ethyl adjacent to an activating group) is 1. The highest BCUT2D eigenvalue weighted by atomic mass is 19.4. The van der Waals surface area contributed by atoms with E-state index in [1.54, 1.807) is 19.1 Å². The average Bonchev–Trinajstić information content (AvgIpc) is 3.09. The van der Waals surface area contributed by atoms with Crippen LogP contribution in [0.2, 0.25) is 0 Å². The Labute approximate surface area is 305 Å². The van der Waals surface area contributed by atoms with Gasteiger partial charge in [-0.25, -0.2) is 4.79 Å². The number of amides is 3. The third-order valence-electron chi connectivity index (χ3n) is 9.00. The molecule has 1 heterocycles. The van der Waals surface area contributed by atoms with Gasteiger partial charge in [0.15, 0.2) is 0 Å². The Morgan fingerprint density at radius 2 is 1.51 bits per heavy atom. The molecule has 0 bridgehead atoms. The lowest BCUT2D eigenvalue weighted by molar-refractivity contribution is -0.138. The predicted octanol–water partition coefficient (Wildman–Crippen LogP) is 8.30. The number of aliphatic hydroxyl groups excluding tert-OH is 1. The fourth-order valence-electron chi connectivity index (χ4n) is 5.98. The summed E-state index contributed by atoms with van der Waals surface area (Å²) in [4.78, 5) is 30.7. The van der Waals surface area contributed by atoms with Crippen molar-refractivity contribution in [2.75, 3.05) is 44.0 Å². The molecule has 0 fully saturated rings. The third kappa shape index (κ3) is 12.1. The molecule has 0 aliphatic carbocycles. The molecule has 4 rings (SSSR count). The molecule has 0 radical (unpaired) electrons. The van der Waals surface area contributed by atoms with Gasteiger partial charge in [-0.3, -0.25) is 9.69 Å². The van der Waals surface area contributed by atoms with E-state index in [0.717, 1.165) is 49.2 Å². The largest absolute Gasteiger partial charge is 0.490 e. The fourth-order valence-corrected chi connectivity index (χ4v) is 5.98. The fraction of sp³-hybridized carbons (Fsp3) is 0.474. The lowest BCUT2D eigenvalue weighted by Gasteiger charge is -2.36. The van der Waals surface area contributed by atoms with Crippen LogP contribution in [0.15, 0.2) is 66.7 Å². The second-order valence-corrected chi connectivity index (χ2v) is 13.6. The first-order valence-corrected chi connectivity index (χ1v) is 17.4. The molecule has 290 valence electrons. The van der Waals surface area contributed by atoms with Gasteiger partial charge in [0.05, 0.1) is 41.5 Å². The summed E-state index contributed by atoms with van der Waals surface area (Å²) in [6, 6.07) is 12.2. The molecular formula is C38H46F6N4O5. The van der Waals surface area contributed by atoms with Crippen LogP contribution in [0.25, 0.3) is 0 Å². The molecule has 3 aromatic rings. The van der Waals surface area contributed by atoms with Gasteiger partial charge >= 0.3 is 18.4 Å². The van der Waals surface area contributed by atoms with Crippen LogP contribution >= 0.6 is 0 Å². The van der Waals surface area contributed by atoms with E-state index in [0.29, 0.717) is 31.7 Å². The molecule has 1 aliphatic heterocycles. The maximum Gasteiger partial charge on any atom is 0.416 e. The van der Waals surface area contributed by atoms with Gasteiger partial charge in [0.2, 0.25) is 0 Å². The number of alkyl halides is 6. The molecule has 1 aliphatic rings. The normalized spacial score (nSPS) is 19.9. The van der Waals surface area contributed by atoms with E-state index in [2.05, 4.69) is 10.6 Å². The lowest BCUT2D eigenvalue weighted by Crippen LogP contribution is -2.47. The summed E-state index contributed by atoms with van der Waals surface area (Å²) in [5.74, 6) is -0.452. The molecule has 15 heteroatoms. The van der Waals surface area contributed by atoms with E-state index < -0.39 is 41.5 Å². The molecule has 0 saturated carbocycles. The zero-order valence-electron chi connectivity index (χ0n) is 30.1. The SMILES string of the molecule is C[C@@H]1CN([C@@H](C)CO)C(=O)c2cc(NC(=O)Nc3ccc(C(F)(F)F)cc3)ccc2O[C@@H](C)CCCCO[C@@H]1CN(C)Cc1ccc(C(F)(F)F)cc1. The van der Waals surface area contributed by atoms with Crippen molar-refractivity contribution in [3.05, 3.63) is 89.0 Å². The highest BCUT2D eigenvalue weighted by molar-refractivity contribution is 6.02. The number of ether oxygens (including phenoxy) is 2. The zero-order valence-corrected chi connectivity index (χ0v) is 30.1. The van der Waals surface area contributed by atoms with E-state index in [-0.39, 0.29) is 54.0 Å². The van der Waals surface area contributed by atoms with Gasteiger partial charge in [-0.15, -0.1) is 0 Å². The van der Waals surface area contributed by atoms with Gasteiger partial charge in [-0.2, -0.15) is 26.3 Å². The van der Waals surface area contributed by atoms with Gasteiger partial charge in [0.1, 0.15) is 5.75 Å². The summed E-state index contributed by atoms with van der Waals surface area (Å²) in [7, 11) is 1.84. The smallest absolute Gasteiger partial charge is 0.416 e. The van der Waals surface area contributed by atoms with Crippen molar-refractivity contribution in [2.24, 2.45) is 5.92 Å². The second-order valence-electron chi connectivity index (χ2n) is 13.6. The maximum absolute atomic E-state index is 14.4. The summed E-state index contributed by atoms with van der Waals surface area (Å²) in [6.45, 7) is 6.54. The topological polar surface area (TPSA) is 103 Å². The van der Waals surface area contributed by atoms with E-state index in [9.17, 15) is 41.0 Å².